The van der Waals surface area contributed by atoms with Crippen molar-refractivity contribution in [3.05, 3.63) is 40.1 Å². The smallest absolute Gasteiger partial charge is 0.226 e. The fourth-order valence-electron chi connectivity index (χ4n) is 4.05. The minimum absolute atomic E-state index is 0.201. The van der Waals surface area contributed by atoms with Crippen LogP contribution in [0.1, 0.15) is 38.8 Å². The van der Waals surface area contributed by atoms with E-state index in [0.29, 0.717) is 29.3 Å². The van der Waals surface area contributed by atoms with Gasteiger partial charge >= 0.3 is 0 Å². The number of hydrogen-bond acceptors (Lipinski definition) is 6. The maximum Gasteiger partial charge on any atom is 0.226 e. The van der Waals surface area contributed by atoms with Crippen molar-refractivity contribution in [2.45, 2.75) is 39.3 Å². The van der Waals surface area contributed by atoms with E-state index < -0.39 is 0 Å². The van der Waals surface area contributed by atoms with E-state index in [-0.39, 0.29) is 11.3 Å². The molecule has 2 aromatic rings. The third-order valence-electron chi connectivity index (χ3n) is 5.46. The first-order valence-electron chi connectivity index (χ1n) is 10.1. The number of benzene rings is 1. The third kappa shape index (κ3) is 5.05. The zero-order valence-corrected chi connectivity index (χ0v) is 19.0. The van der Waals surface area contributed by atoms with Crippen LogP contribution in [0.25, 0.3) is 0 Å². The van der Waals surface area contributed by atoms with Gasteiger partial charge in [0.15, 0.2) is 11.6 Å². The van der Waals surface area contributed by atoms with Crippen molar-refractivity contribution < 1.29 is 0 Å². The second-order valence-corrected chi connectivity index (χ2v) is 8.84. The summed E-state index contributed by atoms with van der Waals surface area (Å²) < 4.78 is 0. The van der Waals surface area contributed by atoms with Gasteiger partial charge in [0.05, 0.1) is 0 Å². The lowest BCUT2D eigenvalue weighted by atomic mass is 9.94. The molecule has 2 atom stereocenters. The molecular formula is C21H30Cl2N6. The van der Waals surface area contributed by atoms with E-state index in [1.807, 2.05) is 12.1 Å². The van der Waals surface area contributed by atoms with E-state index in [4.69, 9.17) is 28.9 Å². The van der Waals surface area contributed by atoms with Gasteiger partial charge in [-0.2, -0.15) is 9.97 Å². The lowest BCUT2D eigenvalue weighted by Gasteiger charge is -2.44. The summed E-state index contributed by atoms with van der Waals surface area (Å²) in [5, 5.41) is 3.97. The summed E-state index contributed by atoms with van der Waals surface area (Å²) >= 11 is 12.2. The van der Waals surface area contributed by atoms with Crippen LogP contribution in [0, 0.1) is 5.92 Å². The molecule has 1 fully saturated rings. The summed E-state index contributed by atoms with van der Waals surface area (Å²) in [5.41, 5.74) is 8.15. The molecule has 158 valence electrons. The predicted molar refractivity (Wildman–Crippen MR) is 123 cm³/mol. The molecule has 2 unspecified atom stereocenters. The Hall–Kier alpha value is -1.76. The number of rotatable bonds is 6. The molecule has 1 aliphatic heterocycles. The molecule has 0 bridgehead atoms. The maximum atomic E-state index is 6.31. The van der Waals surface area contributed by atoms with E-state index in [9.17, 15) is 0 Å². The van der Waals surface area contributed by atoms with Gasteiger partial charge in [0, 0.05) is 43.8 Å². The topological polar surface area (TPSA) is 70.3 Å². The Morgan fingerprint density at radius 3 is 2.45 bits per heavy atom. The molecule has 0 saturated carbocycles. The van der Waals surface area contributed by atoms with Crippen LogP contribution in [0.5, 0.6) is 0 Å². The van der Waals surface area contributed by atoms with Crippen LogP contribution in [-0.2, 0) is 0 Å². The van der Waals surface area contributed by atoms with Gasteiger partial charge in [0.25, 0.3) is 0 Å². The minimum atomic E-state index is 0.201. The number of nitrogen functional groups attached to an aromatic ring is 1. The average molecular weight is 437 g/mol. The summed E-state index contributed by atoms with van der Waals surface area (Å²) in [6.45, 7) is 9.40. The third-order valence-corrected chi connectivity index (χ3v) is 5.88. The SMILES string of the molecule is CNc1nc(Cl)nc(N2CCN(C(CC(C)C)c3ccc(Cl)cc3)CC2C)c1N. The first-order valence-corrected chi connectivity index (χ1v) is 10.8. The Bertz CT molecular complexity index is 827. The molecule has 2 heterocycles. The van der Waals surface area contributed by atoms with Gasteiger partial charge in [-0.3, -0.25) is 4.90 Å². The van der Waals surface area contributed by atoms with E-state index in [0.717, 1.165) is 31.1 Å². The molecule has 0 spiro atoms. The molecule has 1 saturated heterocycles. The molecule has 8 heteroatoms. The zero-order chi connectivity index (χ0) is 21.1. The highest BCUT2D eigenvalue weighted by molar-refractivity contribution is 6.30. The second-order valence-electron chi connectivity index (χ2n) is 8.06. The fraction of sp³-hybridized carbons (Fsp3) is 0.524. The molecule has 1 aromatic heterocycles. The molecule has 1 aromatic carbocycles. The van der Waals surface area contributed by atoms with Crippen molar-refractivity contribution in [2.75, 3.05) is 42.6 Å². The summed E-state index contributed by atoms with van der Waals surface area (Å²) in [6.07, 6.45) is 1.10. The van der Waals surface area contributed by atoms with Crippen molar-refractivity contribution in [1.82, 2.24) is 14.9 Å². The van der Waals surface area contributed by atoms with Crippen LogP contribution in [0.3, 0.4) is 0 Å². The summed E-state index contributed by atoms with van der Waals surface area (Å²) in [5.74, 6) is 1.86. The van der Waals surface area contributed by atoms with E-state index in [1.54, 1.807) is 7.05 Å². The summed E-state index contributed by atoms with van der Waals surface area (Å²) in [7, 11) is 1.78. The number of halogens is 2. The van der Waals surface area contributed by atoms with Crippen LogP contribution in [0.2, 0.25) is 10.3 Å². The number of anilines is 3. The zero-order valence-electron chi connectivity index (χ0n) is 17.5. The summed E-state index contributed by atoms with van der Waals surface area (Å²) in [6, 6.07) is 8.85. The number of piperazine rings is 1. The standard InChI is InChI=1S/C21H30Cl2N6/c1-13(2)11-17(15-5-7-16(22)8-6-15)28-9-10-29(14(3)12-28)20-18(24)19(25-4)26-21(23)27-20/h5-8,13-14,17H,9-12,24H2,1-4H3,(H,25,26,27). The highest BCUT2D eigenvalue weighted by atomic mass is 35.5. The number of nitrogens with one attached hydrogen (secondary N) is 1. The molecule has 3 N–H and O–H groups in total. The normalized spacial score (nSPS) is 18.9. The molecule has 3 rings (SSSR count). The Morgan fingerprint density at radius 2 is 1.86 bits per heavy atom. The maximum absolute atomic E-state index is 6.31. The van der Waals surface area contributed by atoms with E-state index >= 15 is 0 Å². The largest absolute Gasteiger partial charge is 0.393 e. The van der Waals surface area contributed by atoms with Gasteiger partial charge < -0.3 is 16.0 Å². The Balaban J connectivity index is 1.82. The van der Waals surface area contributed by atoms with E-state index in [1.165, 1.54) is 5.56 Å². The van der Waals surface area contributed by atoms with Crippen molar-refractivity contribution in [3.8, 4) is 0 Å². The molecule has 29 heavy (non-hydrogen) atoms. The molecule has 0 aliphatic carbocycles. The Labute approximate surface area is 183 Å². The van der Waals surface area contributed by atoms with Crippen LogP contribution >= 0.6 is 23.2 Å². The van der Waals surface area contributed by atoms with Gasteiger partial charge in [-0.15, -0.1) is 0 Å². The predicted octanol–water partition coefficient (Wildman–Crippen LogP) is 4.71. The minimum Gasteiger partial charge on any atom is -0.393 e. The quantitative estimate of drug-likeness (QED) is 0.639. The number of hydrogen-bond donors (Lipinski definition) is 2. The fourth-order valence-corrected chi connectivity index (χ4v) is 4.34. The molecule has 0 radical (unpaired) electrons. The van der Waals surface area contributed by atoms with Gasteiger partial charge in [0.2, 0.25) is 5.28 Å². The average Bonchev–Trinajstić information content (AvgIpc) is 2.68. The second kappa shape index (κ2) is 9.37. The van der Waals surface area contributed by atoms with Gasteiger partial charge in [-0.1, -0.05) is 37.6 Å². The van der Waals surface area contributed by atoms with Gasteiger partial charge in [-0.05, 0) is 48.6 Å². The highest BCUT2D eigenvalue weighted by Gasteiger charge is 2.31. The Kier molecular flexibility index (Phi) is 7.09. The molecule has 6 nitrogen and oxygen atoms in total. The summed E-state index contributed by atoms with van der Waals surface area (Å²) in [4.78, 5) is 13.4. The lowest BCUT2D eigenvalue weighted by molar-refractivity contribution is 0.146. The van der Waals surface area contributed by atoms with Crippen molar-refractivity contribution in [3.63, 3.8) is 0 Å². The Morgan fingerprint density at radius 1 is 1.17 bits per heavy atom. The number of nitrogens with two attached hydrogens (primary N) is 1. The van der Waals surface area contributed by atoms with Crippen LogP contribution < -0.4 is 16.0 Å². The number of aromatic nitrogens is 2. The van der Waals surface area contributed by atoms with Crippen molar-refractivity contribution >= 4 is 40.5 Å². The first kappa shape index (κ1) is 21.9. The monoisotopic (exact) mass is 436 g/mol. The van der Waals surface area contributed by atoms with Gasteiger partial charge in [-0.25, -0.2) is 0 Å². The van der Waals surface area contributed by atoms with Crippen LogP contribution in [-0.4, -0.2) is 47.6 Å². The van der Waals surface area contributed by atoms with Crippen molar-refractivity contribution in [2.24, 2.45) is 5.92 Å². The highest BCUT2D eigenvalue weighted by Crippen LogP contribution is 2.34. The van der Waals surface area contributed by atoms with Crippen LogP contribution in [0.4, 0.5) is 17.3 Å². The first-order chi connectivity index (χ1) is 13.8. The van der Waals surface area contributed by atoms with Crippen LogP contribution in [0.15, 0.2) is 24.3 Å². The van der Waals surface area contributed by atoms with Gasteiger partial charge in [0.1, 0.15) is 5.69 Å². The lowest BCUT2D eigenvalue weighted by Crippen LogP contribution is -2.53. The number of nitrogens with zero attached hydrogens (tertiary/aromatic N) is 4. The molecule has 0 amide bonds. The van der Waals surface area contributed by atoms with E-state index in [2.05, 4.69) is 58.0 Å². The van der Waals surface area contributed by atoms with Crippen molar-refractivity contribution in [1.29, 1.82) is 0 Å². The molecule has 1 aliphatic rings. The molecular weight excluding hydrogens is 407 g/mol.